The lowest BCUT2D eigenvalue weighted by atomic mass is 10.0. The number of benzene rings is 1. The number of para-hydroxylation sites is 1. The Bertz CT molecular complexity index is 520. The van der Waals surface area contributed by atoms with Gasteiger partial charge in [0.25, 0.3) is 5.89 Å². The molecule has 1 fully saturated rings. The third-order valence-electron chi connectivity index (χ3n) is 2.91. The van der Waals surface area contributed by atoms with Crippen LogP contribution in [-0.4, -0.2) is 30.4 Å². The Kier molecular flexibility index (Phi) is 2.53. The lowest BCUT2D eigenvalue weighted by Gasteiger charge is -2.22. The molecular weight excluding hydrogens is 218 g/mol. The molecule has 5 heteroatoms. The first kappa shape index (κ1) is 10.3. The summed E-state index contributed by atoms with van der Waals surface area (Å²) in [5.74, 6) is 2.31. The Morgan fingerprint density at radius 3 is 2.82 bits per heavy atom. The molecule has 0 spiro atoms. The van der Waals surface area contributed by atoms with Crippen molar-refractivity contribution in [1.82, 2.24) is 15.5 Å². The molecule has 0 bridgehead atoms. The van der Waals surface area contributed by atoms with Crippen molar-refractivity contribution in [2.24, 2.45) is 0 Å². The van der Waals surface area contributed by atoms with Crippen molar-refractivity contribution in [3.8, 4) is 17.2 Å². The van der Waals surface area contributed by atoms with E-state index in [1.54, 1.807) is 7.11 Å². The summed E-state index contributed by atoms with van der Waals surface area (Å²) in [6, 6.07) is 7.63. The molecule has 1 aromatic heterocycles. The van der Waals surface area contributed by atoms with Gasteiger partial charge in [0.1, 0.15) is 5.75 Å². The van der Waals surface area contributed by atoms with Gasteiger partial charge in [-0.15, -0.1) is 10.2 Å². The van der Waals surface area contributed by atoms with Gasteiger partial charge in [0.15, 0.2) is 0 Å². The lowest BCUT2D eigenvalue weighted by molar-refractivity contribution is 0.360. The zero-order valence-electron chi connectivity index (χ0n) is 9.51. The highest BCUT2D eigenvalue weighted by Crippen LogP contribution is 2.30. The molecule has 2 heterocycles. The van der Waals surface area contributed by atoms with E-state index in [0.29, 0.717) is 17.7 Å². The van der Waals surface area contributed by atoms with E-state index in [4.69, 9.17) is 9.15 Å². The molecule has 88 valence electrons. The summed E-state index contributed by atoms with van der Waals surface area (Å²) in [5.41, 5.74) is 0.834. The van der Waals surface area contributed by atoms with Crippen molar-refractivity contribution < 1.29 is 9.15 Å². The smallest absolute Gasteiger partial charge is 0.251 e. The molecule has 17 heavy (non-hydrogen) atoms. The standard InChI is InChI=1S/C12H13N3O2/c1-16-10-5-3-2-4-9(10)12-15-14-11(17-12)8-6-13-7-8/h2-5,8,13H,6-7H2,1H3. The SMILES string of the molecule is COc1ccccc1-c1nnc(C2CNC2)o1. The van der Waals surface area contributed by atoms with E-state index in [-0.39, 0.29) is 0 Å². The van der Waals surface area contributed by atoms with Crippen LogP contribution in [-0.2, 0) is 0 Å². The van der Waals surface area contributed by atoms with Crippen molar-refractivity contribution in [2.45, 2.75) is 5.92 Å². The summed E-state index contributed by atoms with van der Waals surface area (Å²) in [7, 11) is 1.63. The summed E-state index contributed by atoms with van der Waals surface area (Å²) in [4.78, 5) is 0. The minimum atomic E-state index is 0.353. The Balaban J connectivity index is 1.94. The third-order valence-corrected chi connectivity index (χ3v) is 2.91. The van der Waals surface area contributed by atoms with Crippen molar-refractivity contribution in [2.75, 3.05) is 20.2 Å². The Hall–Kier alpha value is -1.88. The van der Waals surface area contributed by atoms with Gasteiger partial charge < -0.3 is 14.5 Å². The van der Waals surface area contributed by atoms with Crippen LogP contribution in [0.3, 0.4) is 0 Å². The molecule has 5 nitrogen and oxygen atoms in total. The molecule has 0 saturated carbocycles. The molecule has 0 atom stereocenters. The second kappa shape index (κ2) is 4.18. The summed E-state index contributed by atoms with van der Waals surface area (Å²) >= 11 is 0. The van der Waals surface area contributed by atoms with Gasteiger partial charge in [-0.05, 0) is 12.1 Å². The maximum absolute atomic E-state index is 5.67. The first-order chi connectivity index (χ1) is 8.38. The number of rotatable bonds is 3. The van der Waals surface area contributed by atoms with E-state index in [1.165, 1.54) is 0 Å². The van der Waals surface area contributed by atoms with Crippen molar-refractivity contribution in [3.63, 3.8) is 0 Å². The second-order valence-corrected chi connectivity index (χ2v) is 4.00. The van der Waals surface area contributed by atoms with Crippen LogP contribution in [0.25, 0.3) is 11.5 Å². The van der Waals surface area contributed by atoms with Crippen LogP contribution in [0.2, 0.25) is 0 Å². The van der Waals surface area contributed by atoms with Crippen molar-refractivity contribution in [3.05, 3.63) is 30.2 Å². The highest BCUT2D eigenvalue weighted by Gasteiger charge is 2.25. The first-order valence-electron chi connectivity index (χ1n) is 5.56. The fourth-order valence-corrected chi connectivity index (χ4v) is 1.79. The van der Waals surface area contributed by atoms with Crippen LogP contribution < -0.4 is 10.1 Å². The van der Waals surface area contributed by atoms with Gasteiger partial charge in [-0.25, -0.2) is 0 Å². The normalized spacial score (nSPS) is 15.6. The molecule has 0 radical (unpaired) electrons. The highest BCUT2D eigenvalue weighted by atomic mass is 16.5. The van der Waals surface area contributed by atoms with Gasteiger partial charge in [0.2, 0.25) is 5.89 Å². The Morgan fingerprint density at radius 2 is 2.12 bits per heavy atom. The Morgan fingerprint density at radius 1 is 1.29 bits per heavy atom. The summed E-state index contributed by atoms with van der Waals surface area (Å²) in [6.45, 7) is 1.82. The van der Waals surface area contributed by atoms with Gasteiger partial charge in [0, 0.05) is 13.1 Å². The maximum atomic E-state index is 5.67. The van der Waals surface area contributed by atoms with Gasteiger partial charge in [-0.2, -0.15) is 0 Å². The number of nitrogens with one attached hydrogen (secondary N) is 1. The fourth-order valence-electron chi connectivity index (χ4n) is 1.79. The van der Waals surface area contributed by atoms with E-state index < -0.39 is 0 Å². The topological polar surface area (TPSA) is 60.2 Å². The van der Waals surface area contributed by atoms with E-state index in [9.17, 15) is 0 Å². The summed E-state index contributed by atoms with van der Waals surface area (Å²) in [6.07, 6.45) is 0. The van der Waals surface area contributed by atoms with Gasteiger partial charge in [-0.1, -0.05) is 12.1 Å². The molecule has 1 aromatic carbocycles. The van der Waals surface area contributed by atoms with Gasteiger partial charge >= 0.3 is 0 Å². The molecule has 2 aromatic rings. The average molecular weight is 231 g/mol. The zero-order valence-corrected chi connectivity index (χ0v) is 9.51. The number of aromatic nitrogens is 2. The summed E-state index contributed by atoms with van der Waals surface area (Å²) < 4.78 is 10.9. The predicted octanol–water partition coefficient (Wildman–Crippen LogP) is 1.43. The van der Waals surface area contributed by atoms with Crippen LogP contribution >= 0.6 is 0 Å². The van der Waals surface area contributed by atoms with E-state index >= 15 is 0 Å². The molecule has 1 aliphatic heterocycles. The maximum Gasteiger partial charge on any atom is 0.251 e. The molecule has 0 aliphatic carbocycles. The number of hydrogen-bond donors (Lipinski definition) is 1. The van der Waals surface area contributed by atoms with Crippen LogP contribution in [0.5, 0.6) is 5.75 Å². The molecule has 0 unspecified atom stereocenters. The fraction of sp³-hybridized carbons (Fsp3) is 0.333. The third kappa shape index (κ3) is 1.78. The number of nitrogens with zero attached hydrogens (tertiary/aromatic N) is 2. The van der Waals surface area contributed by atoms with Crippen LogP contribution in [0.15, 0.2) is 28.7 Å². The van der Waals surface area contributed by atoms with Gasteiger partial charge in [0.05, 0.1) is 18.6 Å². The molecule has 0 amide bonds. The second-order valence-electron chi connectivity index (χ2n) is 4.00. The number of hydrogen-bond acceptors (Lipinski definition) is 5. The average Bonchev–Trinajstić information content (AvgIpc) is 2.76. The number of ether oxygens (including phenoxy) is 1. The zero-order chi connectivity index (χ0) is 11.7. The lowest BCUT2D eigenvalue weighted by Crippen LogP contribution is -2.40. The van der Waals surface area contributed by atoms with Crippen LogP contribution in [0, 0.1) is 0 Å². The molecule has 1 saturated heterocycles. The first-order valence-corrected chi connectivity index (χ1v) is 5.56. The molecule has 1 aliphatic rings. The Labute approximate surface area is 98.8 Å². The van der Waals surface area contributed by atoms with Gasteiger partial charge in [-0.3, -0.25) is 0 Å². The monoisotopic (exact) mass is 231 g/mol. The quantitative estimate of drug-likeness (QED) is 0.866. The van der Waals surface area contributed by atoms with E-state index in [1.807, 2.05) is 24.3 Å². The van der Waals surface area contributed by atoms with Crippen molar-refractivity contribution >= 4 is 0 Å². The molecular formula is C12H13N3O2. The minimum Gasteiger partial charge on any atom is -0.496 e. The minimum absolute atomic E-state index is 0.353. The molecule has 1 N–H and O–H groups in total. The predicted molar refractivity (Wildman–Crippen MR) is 61.9 cm³/mol. The van der Waals surface area contributed by atoms with Crippen LogP contribution in [0.1, 0.15) is 11.8 Å². The van der Waals surface area contributed by atoms with Crippen molar-refractivity contribution in [1.29, 1.82) is 0 Å². The summed E-state index contributed by atoms with van der Waals surface area (Å²) in [5, 5.41) is 11.3. The van der Waals surface area contributed by atoms with E-state index in [0.717, 1.165) is 24.4 Å². The number of methoxy groups -OCH3 is 1. The largest absolute Gasteiger partial charge is 0.496 e. The molecule has 3 rings (SSSR count). The van der Waals surface area contributed by atoms with E-state index in [2.05, 4.69) is 15.5 Å². The highest BCUT2D eigenvalue weighted by molar-refractivity contribution is 5.62. The van der Waals surface area contributed by atoms with Crippen LogP contribution in [0.4, 0.5) is 0 Å².